The molecule has 4 nitrogen and oxygen atoms in total. The van der Waals surface area contributed by atoms with Crippen LogP contribution in [-0.2, 0) is 0 Å². The fourth-order valence-corrected chi connectivity index (χ4v) is 3.31. The van der Waals surface area contributed by atoms with Gasteiger partial charge in [-0.3, -0.25) is 11.1 Å². The Morgan fingerprint density at radius 2 is 2.06 bits per heavy atom. The number of hydrogen-bond donors (Lipinski definition) is 3. The standard InChI is InChI=1S/C14H27N3O/c1-2-3-4-5-6-7-11-10-12-8-9-13(18)17(12)14(15)16-11/h11-13,18H,2-10H2,1H3,(H2,15,16)/p+1/t11-,12+,13?/m0/s1. The minimum atomic E-state index is -0.368. The molecular formula is C14H28N3O+. The molecule has 0 radical (unpaired) electrons. The van der Waals surface area contributed by atoms with Crippen molar-refractivity contribution >= 4 is 5.96 Å². The molecule has 0 amide bonds. The number of aliphatic hydroxyl groups is 1. The molecule has 18 heavy (non-hydrogen) atoms. The maximum atomic E-state index is 9.84. The van der Waals surface area contributed by atoms with E-state index >= 15 is 0 Å². The van der Waals surface area contributed by atoms with Crippen molar-refractivity contribution in [2.45, 2.75) is 83.0 Å². The molecule has 0 bridgehead atoms. The molecule has 3 atom stereocenters. The van der Waals surface area contributed by atoms with Gasteiger partial charge in [-0.15, -0.1) is 0 Å². The van der Waals surface area contributed by atoms with E-state index in [4.69, 9.17) is 5.73 Å². The van der Waals surface area contributed by atoms with Gasteiger partial charge in [-0.05, 0) is 12.8 Å². The van der Waals surface area contributed by atoms with Gasteiger partial charge in [0.05, 0.1) is 12.1 Å². The Bertz CT molecular complexity index is 303. The van der Waals surface area contributed by atoms with Crippen LogP contribution in [0.15, 0.2) is 0 Å². The molecule has 2 rings (SSSR count). The highest BCUT2D eigenvalue weighted by Gasteiger charge is 2.39. The number of rotatable bonds is 6. The Morgan fingerprint density at radius 1 is 1.28 bits per heavy atom. The van der Waals surface area contributed by atoms with E-state index in [9.17, 15) is 5.11 Å². The van der Waals surface area contributed by atoms with Gasteiger partial charge in [0.15, 0.2) is 6.23 Å². The second-order valence-corrected chi connectivity index (χ2v) is 5.78. The number of fused-ring (bicyclic) bond motifs is 1. The summed E-state index contributed by atoms with van der Waals surface area (Å²) in [5, 5.41) is 13.2. The Balaban J connectivity index is 1.76. The SMILES string of the molecule is CCCCCCC[C@H]1C[C@H]2CCC(O)[N+]2=C(N)N1. The first-order chi connectivity index (χ1) is 8.72. The summed E-state index contributed by atoms with van der Waals surface area (Å²) in [6.45, 7) is 2.25. The Hall–Kier alpha value is -0.770. The van der Waals surface area contributed by atoms with Crippen LogP contribution >= 0.6 is 0 Å². The largest absolute Gasteiger partial charge is 0.361 e. The lowest BCUT2D eigenvalue weighted by Crippen LogP contribution is -2.55. The van der Waals surface area contributed by atoms with Gasteiger partial charge in [0.2, 0.25) is 0 Å². The normalized spacial score (nSPS) is 31.3. The first kappa shape index (κ1) is 13.7. The molecule has 0 aromatic heterocycles. The molecule has 1 fully saturated rings. The number of unbranched alkanes of at least 4 members (excludes halogenated alkanes) is 4. The summed E-state index contributed by atoms with van der Waals surface area (Å²) in [5.74, 6) is 0.690. The molecule has 2 heterocycles. The average Bonchev–Trinajstić information content (AvgIpc) is 2.71. The lowest BCUT2D eigenvalue weighted by atomic mass is 9.98. The summed E-state index contributed by atoms with van der Waals surface area (Å²) in [6, 6.07) is 0.972. The van der Waals surface area contributed by atoms with Crippen molar-refractivity contribution in [2.24, 2.45) is 5.73 Å². The van der Waals surface area contributed by atoms with Crippen molar-refractivity contribution < 1.29 is 9.68 Å². The third-order valence-corrected chi connectivity index (χ3v) is 4.32. The number of nitrogens with two attached hydrogens (primary N) is 1. The summed E-state index contributed by atoms with van der Waals surface area (Å²) in [5.41, 5.74) is 6.02. The smallest absolute Gasteiger partial charge is 0.346 e. The van der Waals surface area contributed by atoms with E-state index in [1.165, 1.54) is 38.5 Å². The van der Waals surface area contributed by atoms with Gasteiger partial charge >= 0.3 is 5.96 Å². The van der Waals surface area contributed by atoms with Crippen LogP contribution < -0.4 is 11.1 Å². The zero-order valence-corrected chi connectivity index (χ0v) is 11.6. The predicted octanol–water partition coefficient (Wildman–Crippen LogP) is 1.52. The molecule has 0 aliphatic carbocycles. The molecule has 1 unspecified atom stereocenters. The minimum absolute atomic E-state index is 0.368. The van der Waals surface area contributed by atoms with Crippen molar-refractivity contribution in [3.8, 4) is 0 Å². The van der Waals surface area contributed by atoms with E-state index in [-0.39, 0.29) is 6.23 Å². The summed E-state index contributed by atoms with van der Waals surface area (Å²) >= 11 is 0. The van der Waals surface area contributed by atoms with Gasteiger partial charge in [-0.25, -0.2) is 4.58 Å². The highest BCUT2D eigenvalue weighted by Crippen LogP contribution is 2.25. The van der Waals surface area contributed by atoms with Crippen molar-refractivity contribution in [3.05, 3.63) is 0 Å². The number of nitrogens with zero attached hydrogens (tertiary/aromatic N) is 1. The van der Waals surface area contributed by atoms with E-state index in [0.717, 1.165) is 19.3 Å². The summed E-state index contributed by atoms with van der Waals surface area (Å²) in [7, 11) is 0. The molecule has 0 saturated carbocycles. The first-order valence-electron chi connectivity index (χ1n) is 7.57. The second-order valence-electron chi connectivity index (χ2n) is 5.78. The number of aliphatic hydroxyl groups excluding tert-OH is 1. The summed E-state index contributed by atoms with van der Waals surface area (Å²) < 4.78 is 1.97. The third-order valence-electron chi connectivity index (χ3n) is 4.32. The summed E-state index contributed by atoms with van der Waals surface area (Å²) in [6.07, 6.45) is 10.6. The lowest BCUT2D eigenvalue weighted by Gasteiger charge is -2.27. The van der Waals surface area contributed by atoms with E-state index in [1.807, 2.05) is 4.58 Å². The molecular weight excluding hydrogens is 226 g/mol. The number of guanidine groups is 1. The zero-order chi connectivity index (χ0) is 13.0. The highest BCUT2D eigenvalue weighted by molar-refractivity contribution is 5.73. The van der Waals surface area contributed by atoms with Crippen LogP contribution in [0.2, 0.25) is 0 Å². The molecule has 4 N–H and O–H groups in total. The fraction of sp³-hybridized carbons (Fsp3) is 0.929. The molecule has 1 saturated heterocycles. The lowest BCUT2D eigenvalue weighted by molar-refractivity contribution is -0.623. The fourth-order valence-electron chi connectivity index (χ4n) is 3.31. The Labute approximate surface area is 110 Å². The van der Waals surface area contributed by atoms with Gasteiger partial charge in [-0.1, -0.05) is 39.0 Å². The van der Waals surface area contributed by atoms with Crippen LogP contribution in [0.5, 0.6) is 0 Å². The van der Waals surface area contributed by atoms with Crippen molar-refractivity contribution in [1.82, 2.24) is 5.32 Å². The van der Waals surface area contributed by atoms with Gasteiger partial charge < -0.3 is 5.11 Å². The quantitative estimate of drug-likeness (QED) is 0.497. The Kier molecular flexibility index (Phi) is 4.87. The maximum absolute atomic E-state index is 9.84. The number of nitrogens with one attached hydrogen (secondary N) is 1. The van der Waals surface area contributed by atoms with E-state index in [0.29, 0.717) is 18.0 Å². The van der Waals surface area contributed by atoms with Crippen LogP contribution in [0.4, 0.5) is 0 Å². The van der Waals surface area contributed by atoms with Crippen LogP contribution in [0.1, 0.15) is 64.7 Å². The van der Waals surface area contributed by atoms with Crippen molar-refractivity contribution in [2.75, 3.05) is 0 Å². The minimum Gasteiger partial charge on any atom is -0.361 e. The zero-order valence-electron chi connectivity index (χ0n) is 11.6. The molecule has 2 aliphatic heterocycles. The van der Waals surface area contributed by atoms with Crippen molar-refractivity contribution in [3.63, 3.8) is 0 Å². The highest BCUT2D eigenvalue weighted by atomic mass is 16.3. The second kappa shape index (κ2) is 6.41. The van der Waals surface area contributed by atoms with Gasteiger partial charge in [-0.2, -0.15) is 0 Å². The molecule has 104 valence electrons. The molecule has 0 spiro atoms. The van der Waals surface area contributed by atoms with E-state index < -0.39 is 0 Å². The van der Waals surface area contributed by atoms with Crippen molar-refractivity contribution in [1.29, 1.82) is 0 Å². The van der Waals surface area contributed by atoms with Crippen LogP contribution in [-0.4, -0.2) is 34.0 Å². The molecule has 2 aliphatic rings. The topological polar surface area (TPSA) is 61.3 Å². The molecule has 0 aromatic carbocycles. The third kappa shape index (κ3) is 3.16. The summed E-state index contributed by atoms with van der Waals surface area (Å²) in [4.78, 5) is 0. The van der Waals surface area contributed by atoms with Gasteiger partial charge in [0, 0.05) is 12.8 Å². The Morgan fingerprint density at radius 3 is 2.83 bits per heavy atom. The van der Waals surface area contributed by atoms with Crippen LogP contribution in [0.25, 0.3) is 0 Å². The molecule has 4 heteroatoms. The number of hydrogen-bond acceptors (Lipinski definition) is 3. The van der Waals surface area contributed by atoms with Crippen LogP contribution in [0, 0.1) is 0 Å². The monoisotopic (exact) mass is 254 g/mol. The van der Waals surface area contributed by atoms with E-state index in [2.05, 4.69) is 12.2 Å². The van der Waals surface area contributed by atoms with E-state index in [1.54, 1.807) is 0 Å². The molecule has 0 aromatic rings. The van der Waals surface area contributed by atoms with Gasteiger partial charge in [0.25, 0.3) is 0 Å². The first-order valence-corrected chi connectivity index (χ1v) is 7.57. The van der Waals surface area contributed by atoms with Gasteiger partial charge in [0.1, 0.15) is 0 Å². The van der Waals surface area contributed by atoms with Crippen LogP contribution in [0.3, 0.4) is 0 Å². The predicted molar refractivity (Wildman–Crippen MR) is 73.4 cm³/mol. The average molecular weight is 254 g/mol. The maximum Gasteiger partial charge on any atom is 0.346 e.